The number of benzene rings is 3. The second-order valence-corrected chi connectivity index (χ2v) is 8.04. The second-order valence-electron chi connectivity index (χ2n) is 8.04. The van der Waals surface area contributed by atoms with E-state index < -0.39 is 41.3 Å². The molecule has 1 fully saturated rings. The lowest BCUT2D eigenvalue weighted by molar-refractivity contribution is -0.174. The van der Waals surface area contributed by atoms with Crippen LogP contribution in [0, 0.1) is 5.92 Å². The van der Waals surface area contributed by atoms with Crippen LogP contribution >= 0.6 is 0 Å². The molecular weight excluding hydrogens is 432 g/mol. The van der Waals surface area contributed by atoms with E-state index in [1.165, 1.54) is 7.11 Å². The Balaban J connectivity index is 2.03. The van der Waals surface area contributed by atoms with Gasteiger partial charge in [0.25, 0.3) is 0 Å². The van der Waals surface area contributed by atoms with E-state index in [1.54, 1.807) is 31.2 Å². The Morgan fingerprint density at radius 3 is 1.88 bits per heavy atom. The standard InChI is InChI=1S/C28H26O6/c1-3-33-27(31)28(21-17-11-6-12-18-21)23(19-13-7-4-8-14-19)22(24(29)26(30)32-2)25(34-28)20-15-9-5-10-16-20/h4-18,22-23,25H,3H2,1-2H3/t22-,23+,25-,28+/m1/s1. The molecule has 0 bridgehead atoms. The first-order chi connectivity index (χ1) is 16.5. The molecule has 0 radical (unpaired) electrons. The number of hydrogen-bond donors (Lipinski definition) is 0. The number of ether oxygens (including phenoxy) is 3. The molecule has 1 aliphatic heterocycles. The Labute approximate surface area is 198 Å². The molecule has 0 N–H and O–H groups in total. The molecule has 6 nitrogen and oxygen atoms in total. The normalized spacial score (nSPS) is 23.8. The van der Waals surface area contributed by atoms with Crippen molar-refractivity contribution in [3.63, 3.8) is 0 Å². The van der Waals surface area contributed by atoms with Crippen LogP contribution < -0.4 is 0 Å². The Bertz CT molecular complexity index is 1150. The zero-order valence-electron chi connectivity index (χ0n) is 19.0. The summed E-state index contributed by atoms with van der Waals surface area (Å²) in [4.78, 5) is 39.9. The summed E-state index contributed by atoms with van der Waals surface area (Å²) in [6, 6.07) is 27.3. The third kappa shape index (κ3) is 4.01. The van der Waals surface area contributed by atoms with Gasteiger partial charge in [0.2, 0.25) is 5.78 Å². The summed E-state index contributed by atoms with van der Waals surface area (Å²) in [5.41, 5.74) is 0.240. The highest BCUT2D eigenvalue weighted by atomic mass is 16.6. The molecule has 0 amide bonds. The van der Waals surface area contributed by atoms with Gasteiger partial charge in [-0.25, -0.2) is 9.59 Å². The maximum Gasteiger partial charge on any atom is 0.374 e. The van der Waals surface area contributed by atoms with Crippen molar-refractivity contribution in [2.75, 3.05) is 13.7 Å². The van der Waals surface area contributed by atoms with E-state index in [2.05, 4.69) is 0 Å². The Morgan fingerprint density at radius 2 is 1.35 bits per heavy atom. The number of hydrogen-bond acceptors (Lipinski definition) is 6. The average Bonchev–Trinajstić information content (AvgIpc) is 3.27. The number of rotatable bonds is 7. The molecule has 0 aromatic heterocycles. The van der Waals surface area contributed by atoms with Gasteiger partial charge < -0.3 is 14.2 Å². The van der Waals surface area contributed by atoms with E-state index in [1.807, 2.05) is 66.7 Å². The van der Waals surface area contributed by atoms with Crippen molar-refractivity contribution in [3.05, 3.63) is 108 Å². The molecule has 1 heterocycles. The van der Waals surface area contributed by atoms with E-state index in [9.17, 15) is 14.4 Å². The SMILES string of the molecule is CCOC(=O)[C@@]1(c2ccccc2)O[C@H](c2ccccc2)[C@@H](C(=O)C(=O)OC)[C@@H]1c1ccccc1. The van der Waals surface area contributed by atoms with Crippen molar-refractivity contribution in [2.45, 2.75) is 24.5 Å². The first kappa shape index (κ1) is 23.4. The fourth-order valence-corrected chi connectivity index (χ4v) is 4.79. The zero-order chi connectivity index (χ0) is 24.1. The smallest absolute Gasteiger partial charge is 0.374 e. The molecule has 1 saturated heterocycles. The molecule has 6 heteroatoms. The van der Waals surface area contributed by atoms with Gasteiger partial charge in [0.05, 0.1) is 25.7 Å². The summed E-state index contributed by atoms with van der Waals surface area (Å²) >= 11 is 0. The van der Waals surface area contributed by atoms with E-state index >= 15 is 0 Å². The van der Waals surface area contributed by atoms with Gasteiger partial charge >= 0.3 is 11.9 Å². The molecule has 4 atom stereocenters. The Morgan fingerprint density at radius 1 is 0.824 bits per heavy atom. The number of esters is 2. The minimum absolute atomic E-state index is 0.129. The van der Waals surface area contributed by atoms with Crippen LogP contribution in [0.15, 0.2) is 91.0 Å². The van der Waals surface area contributed by atoms with Crippen molar-refractivity contribution in [1.29, 1.82) is 0 Å². The highest BCUT2D eigenvalue weighted by Gasteiger charge is 2.64. The summed E-state index contributed by atoms with van der Waals surface area (Å²) in [6.45, 7) is 1.85. The Hall–Kier alpha value is -3.77. The molecule has 1 aliphatic rings. The van der Waals surface area contributed by atoms with Crippen LogP contribution in [0.2, 0.25) is 0 Å². The summed E-state index contributed by atoms with van der Waals surface area (Å²) in [5.74, 6) is -4.22. The summed E-state index contributed by atoms with van der Waals surface area (Å²) in [7, 11) is 1.17. The van der Waals surface area contributed by atoms with Crippen LogP contribution in [-0.2, 0) is 34.2 Å². The van der Waals surface area contributed by atoms with Crippen LogP contribution in [-0.4, -0.2) is 31.4 Å². The largest absolute Gasteiger partial charge is 0.464 e. The zero-order valence-corrected chi connectivity index (χ0v) is 19.0. The van der Waals surface area contributed by atoms with Crippen LogP contribution in [0.4, 0.5) is 0 Å². The highest BCUT2D eigenvalue weighted by Crippen LogP contribution is 2.58. The van der Waals surface area contributed by atoms with Gasteiger partial charge in [-0.15, -0.1) is 0 Å². The lowest BCUT2D eigenvalue weighted by atomic mass is 9.69. The van der Waals surface area contributed by atoms with Gasteiger partial charge in [-0.3, -0.25) is 4.79 Å². The third-order valence-electron chi connectivity index (χ3n) is 6.19. The minimum atomic E-state index is -1.66. The van der Waals surface area contributed by atoms with Crippen LogP contribution in [0.1, 0.15) is 35.6 Å². The number of Topliss-reactive ketones (excluding diaryl/α,β-unsaturated/α-hetero) is 1. The second kappa shape index (κ2) is 10.0. The first-order valence-electron chi connectivity index (χ1n) is 11.2. The van der Waals surface area contributed by atoms with Crippen molar-refractivity contribution >= 4 is 17.7 Å². The van der Waals surface area contributed by atoms with Gasteiger partial charge in [0, 0.05) is 5.92 Å². The van der Waals surface area contributed by atoms with Crippen LogP contribution in [0.5, 0.6) is 0 Å². The monoisotopic (exact) mass is 458 g/mol. The average molecular weight is 459 g/mol. The fraction of sp³-hybridized carbons (Fsp3) is 0.250. The minimum Gasteiger partial charge on any atom is -0.464 e. The molecule has 0 saturated carbocycles. The van der Waals surface area contributed by atoms with E-state index in [0.717, 1.165) is 0 Å². The van der Waals surface area contributed by atoms with E-state index in [4.69, 9.17) is 14.2 Å². The summed E-state index contributed by atoms with van der Waals surface area (Å²) in [6.07, 6.45) is -0.886. The maximum atomic E-state index is 13.8. The third-order valence-corrected chi connectivity index (χ3v) is 6.19. The molecule has 174 valence electrons. The predicted octanol–water partition coefficient (Wildman–Crippen LogP) is 4.36. The summed E-state index contributed by atoms with van der Waals surface area (Å²) in [5, 5.41) is 0. The number of ketones is 1. The van der Waals surface area contributed by atoms with Crippen molar-refractivity contribution in [3.8, 4) is 0 Å². The van der Waals surface area contributed by atoms with Gasteiger partial charge in [0.1, 0.15) is 0 Å². The molecule has 4 rings (SSSR count). The quantitative estimate of drug-likeness (QED) is 0.387. The molecular formula is C28H26O6. The molecule has 3 aromatic carbocycles. The van der Waals surface area contributed by atoms with E-state index in [-0.39, 0.29) is 6.61 Å². The number of carbonyl (C=O) groups excluding carboxylic acids is 3. The lowest BCUT2D eigenvalue weighted by Crippen LogP contribution is -2.44. The molecule has 3 aromatic rings. The fourth-order valence-electron chi connectivity index (χ4n) is 4.79. The lowest BCUT2D eigenvalue weighted by Gasteiger charge is -2.34. The molecule has 0 spiro atoms. The van der Waals surface area contributed by atoms with Gasteiger partial charge in [-0.1, -0.05) is 91.0 Å². The molecule has 0 aliphatic carbocycles. The van der Waals surface area contributed by atoms with E-state index in [0.29, 0.717) is 16.7 Å². The van der Waals surface area contributed by atoms with Gasteiger partial charge in [-0.05, 0) is 23.6 Å². The number of carbonyl (C=O) groups is 3. The predicted molar refractivity (Wildman–Crippen MR) is 125 cm³/mol. The topological polar surface area (TPSA) is 78.9 Å². The van der Waals surface area contributed by atoms with Crippen LogP contribution in [0.25, 0.3) is 0 Å². The molecule has 0 unspecified atom stereocenters. The highest BCUT2D eigenvalue weighted by molar-refractivity contribution is 6.35. The van der Waals surface area contributed by atoms with Gasteiger partial charge in [0.15, 0.2) is 5.60 Å². The van der Waals surface area contributed by atoms with Crippen molar-refractivity contribution in [2.24, 2.45) is 5.92 Å². The van der Waals surface area contributed by atoms with Crippen molar-refractivity contribution < 1.29 is 28.6 Å². The Kier molecular flexibility index (Phi) is 6.89. The first-order valence-corrected chi connectivity index (χ1v) is 11.2. The van der Waals surface area contributed by atoms with Crippen molar-refractivity contribution in [1.82, 2.24) is 0 Å². The maximum absolute atomic E-state index is 13.8. The van der Waals surface area contributed by atoms with Crippen LogP contribution in [0.3, 0.4) is 0 Å². The van der Waals surface area contributed by atoms with Gasteiger partial charge in [-0.2, -0.15) is 0 Å². The molecule has 34 heavy (non-hydrogen) atoms. The number of methoxy groups -OCH3 is 1. The summed E-state index contributed by atoms with van der Waals surface area (Å²) < 4.78 is 17.0.